The summed E-state index contributed by atoms with van der Waals surface area (Å²) in [5.74, 6) is -2.40. The summed E-state index contributed by atoms with van der Waals surface area (Å²) in [6.07, 6.45) is 0.942. The third-order valence-corrected chi connectivity index (χ3v) is 1.09. The number of nitrogens with two attached hydrogens (primary N) is 3. The Balaban J connectivity index is 0. The Hall–Kier alpha value is -2.95. The summed E-state index contributed by atoms with van der Waals surface area (Å²) in [5, 5.41) is 17.2. The molecular weight excluding hydrogens is 248 g/mol. The van der Waals surface area contributed by atoms with Gasteiger partial charge in [-0.05, 0) is 6.08 Å². The summed E-state index contributed by atoms with van der Waals surface area (Å²) in [5.41, 5.74) is 15.5. The van der Waals surface area contributed by atoms with E-state index >= 15 is 0 Å². The molecule has 0 amide bonds. The minimum Gasteiger partial charge on any atom is -0.545 e. The van der Waals surface area contributed by atoms with Gasteiger partial charge < -0.3 is 37.7 Å². The molecule has 18 heavy (non-hydrogen) atoms. The minimum atomic E-state index is -1.51. The van der Waals surface area contributed by atoms with Gasteiger partial charge in [0.1, 0.15) is 0 Å². The quantitative estimate of drug-likeness (QED) is 0.375. The Morgan fingerprint density at radius 2 is 1.61 bits per heavy atom. The Labute approximate surface area is 100 Å². The molecule has 1 aromatic rings. The second-order valence-corrected chi connectivity index (χ2v) is 2.47. The molecule has 0 aliphatic heterocycles. The highest BCUT2D eigenvalue weighted by atomic mass is 16.4. The van der Waals surface area contributed by atoms with Gasteiger partial charge in [-0.3, -0.25) is 0 Å². The number of rotatable bonds is 2. The van der Waals surface area contributed by atoms with Gasteiger partial charge in [-0.1, -0.05) is 9.97 Å². The Bertz CT molecular complexity index is 381. The summed E-state index contributed by atoms with van der Waals surface area (Å²) < 4.78 is 0. The fourth-order valence-corrected chi connectivity index (χ4v) is 0.598. The summed E-state index contributed by atoms with van der Waals surface area (Å²) in [4.78, 5) is 28.5. The summed E-state index contributed by atoms with van der Waals surface area (Å²) >= 11 is 0. The van der Waals surface area contributed by atoms with Crippen molar-refractivity contribution in [2.75, 3.05) is 17.2 Å². The minimum absolute atomic E-state index is 0. The summed E-state index contributed by atoms with van der Waals surface area (Å²) in [6, 6.07) is 0. The Kier molecular flexibility index (Phi) is 7.98. The van der Waals surface area contributed by atoms with Gasteiger partial charge in [0.2, 0.25) is 0 Å². The van der Waals surface area contributed by atoms with Crippen molar-refractivity contribution in [1.82, 2.24) is 9.97 Å². The van der Waals surface area contributed by atoms with E-state index in [1.807, 2.05) is 0 Å². The molecule has 100 valence electrons. The largest absolute Gasteiger partial charge is 0.545 e. The molecule has 11 heteroatoms. The zero-order chi connectivity index (χ0) is 13.4. The lowest BCUT2D eigenvalue weighted by molar-refractivity contribution is -0.350. The van der Waals surface area contributed by atoms with Crippen LogP contribution in [-0.2, 0) is 9.59 Å². The van der Waals surface area contributed by atoms with Gasteiger partial charge in [0, 0.05) is 6.08 Å². The maximum absolute atomic E-state index is 9.53. The first-order valence-electron chi connectivity index (χ1n) is 4.01. The van der Waals surface area contributed by atoms with Crippen molar-refractivity contribution < 1.29 is 30.3 Å². The van der Waals surface area contributed by atoms with Crippen LogP contribution in [0.15, 0.2) is 12.2 Å². The number of H-pyrrole nitrogens is 1. The molecule has 0 fully saturated rings. The first kappa shape index (κ1) is 17.4. The van der Waals surface area contributed by atoms with Crippen molar-refractivity contribution in [3.63, 3.8) is 0 Å². The zero-order valence-electron chi connectivity index (χ0n) is 8.95. The molecule has 0 unspecified atom stereocenters. The number of aliphatic carboxylic acids is 2. The van der Waals surface area contributed by atoms with Crippen LogP contribution in [0.4, 0.5) is 17.8 Å². The van der Waals surface area contributed by atoms with E-state index < -0.39 is 11.9 Å². The van der Waals surface area contributed by atoms with E-state index in [9.17, 15) is 14.7 Å². The SMILES string of the molecule is Nc1nc(N)[nH+]c(N)n1.O.O=C([O-])/C=C\C(=O)O. The maximum atomic E-state index is 9.53. The van der Waals surface area contributed by atoms with Crippen LogP contribution in [0.1, 0.15) is 0 Å². The number of carboxylic acid groups (broad SMARTS) is 2. The van der Waals surface area contributed by atoms with Gasteiger partial charge >= 0.3 is 23.8 Å². The zero-order valence-corrected chi connectivity index (χ0v) is 8.95. The number of nitrogens with zero attached hydrogens (tertiary/aromatic N) is 2. The lowest BCUT2D eigenvalue weighted by Crippen LogP contribution is -2.20. The van der Waals surface area contributed by atoms with Crippen molar-refractivity contribution in [1.29, 1.82) is 0 Å². The molecule has 1 heterocycles. The molecule has 0 saturated heterocycles. The van der Waals surface area contributed by atoms with Gasteiger partial charge in [-0.15, -0.1) is 0 Å². The van der Waals surface area contributed by atoms with E-state index in [4.69, 9.17) is 22.3 Å². The third-order valence-electron chi connectivity index (χ3n) is 1.09. The Morgan fingerprint density at radius 3 is 1.83 bits per heavy atom. The van der Waals surface area contributed by atoms with Crippen molar-refractivity contribution >= 4 is 29.8 Å². The molecule has 10 N–H and O–H groups in total. The monoisotopic (exact) mass is 260 g/mol. The van der Waals surface area contributed by atoms with E-state index in [2.05, 4.69) is 15.0 Å². The number of carboxylic acids is 2. The molecule has 0 bridgehead atoms. The van der Waals surface area contributed by atoms with Crippen molar-refractivity contribution in [2.45, 2.75) is 0 Å². The number of hydrogen-bond donors (Lipinski definition) is 4. The molecule has 0 aliphatic carbocycles. The van der Waals surface area contributed by atoms with E-state index in [0.29, 0.717) is 12.2 Å². The number of hydrogen-bond acceptors (Lipinski definition) is 8. The highest BCUT2D eigenvalue weighted by Gasteiger charge is 2.01. The van der Waals surface area contributed by atoms with Crippen LogP contribution in [-0.4, -0.2) is 32.5 Å². The molecule has 1 aromatic heterocycles. The fourth-order valence-electron chi connectivity index (χ4n) is 0.598. The first-order valence-corrected chi connectivity index (χ1v) is 4.01. The van der Waals surface area contributed by atoms with E-state index in [1.165, 1.54) is 0 Å². The van der Waals surface area contributed by atoms with Crippen LogP contribution >= 0.6 is 0 Å². The number of aromatic nitrogens is 3. The average molecular weight is 260 g/mol. The molecule has 1 rings (SSSR count). The number of aromatic amines is 1. The average Bonchev–Trinajstić information content (AvgIpc) is 2.13. The van der Waals surface area contributed by atoms with E-state index in [-0.39, 0.29) is 23.3 Å². The predicted octanol–water partition coefficient (Wildman–Crippen LogP) is -4.41. The highest BCUT2D eigenvalue weighted by molar-refractivity contribution is 5.88. The van der Waals surface area contributed by atoms with Crippen molar-refractivity contribution in [3.8, 4) is 0 Å². The second-order valence-electron chi connectivity index (χ2n) is 2.47. The number of carbonyl (C=O) groups is 2. The van der Waals surface area contributed by atoms with E-state index in [0.717, 1.165) is 0 Å². The number of anilines is 3. The Morgan fingerprint density at radius 1 is 1.17 bits per heavy atom. The lowest BCUT2D eigenvalue weighted by Gasteiger charge is -1.87. The molecule has 0 radical (unpaired) electrons. The van der Waals surface area contributed by atoms with Crippen LogP contribution < -0.4 is 27.3 Å². The molecule has 0 aliphatic rings. The highest BCUT2D eigenvalue weighted by Crippen LogP contribution is 1.91. The molecule has 0 atom stereocenters. The summed E-state index contributed by atoms with van der Waals surface area (Å²) in [7, 11) is 0. The number of carbonyl (C=O) groups excluding carboxylic acids is 1. The smallest absolute Gasteiger partial charge is 0.328 e. The molecule has 11 nitrogen and oxygen atoms in total. The molecule has 0 saturated carbocycles. The van der Waals surface area contributed by atoms with Crippen molar-refractivity contribution in [3.05, 3.63) is 12.2 Å². The lowest BCUT2D eigenvalue weighted by atomic mass is 10.5. The van der Waals surface area contributed by atoms with Gasteiger partial charge in [0.25, 0.3) is 0 Å². The molecule has 0 spiro atoms. The van der Waals surface area contributed by atoms with Gasteiger partial charge in [-0.2, -0.15) is 0 Å². The number of nitrogen functional groups attached to an aromatic ring is 3. The van der Waals surface area contributed by atoms with Crippen LogP contribution in [0.3, 0.4) is 0 Å². The van der Waals surface area contributed by atoms with Gasteiger partial charge in [0.05, 0.1) is 5.97 Å². The topological polar surface area (TPSA) is 227 Å². The molecular formula is C7H12N6O5. The first-order chi connectivity index (χ1) is 7.81. The molecule has 0 aromatic carbocycles. The van der Waals surface area contributed by atoms with Crippen LogP contribution in [0.2, 0.25) is 0 Å². The van der Waals surface area contributed by atoms with Crippen LogP contribution in [0.5, 0.6) is 0 Å². The normalized spacial score (nSPS) is 8.89. The second kappa shape index (κ2) is 8.23. The third kappa shape index (κ3) is 9.60. The fraction of sp³-hybridized carbons (Fsp3) is 0. The van der Waals surface area contributed by atoms with Gasteiger partial charge in [0.15, 0.2) is 0 Å². The van der Waals surface area contributed by atoms with E-state index in [1.54, 1.807) is 0 Å². The van der Waals surface area contributed by atoms with Crippen LogP contribution in [0, 0.1) is 0 Å². The summed E-state index contributed by atoms with van der Waals surface area (Å²) in [6.45, 7) is 0. The predicted molar refractivity (Wildman–Crippen MR) is 57.2 cm³/mol. The maximum Gasteiger partial charge on any atom is 0.328 e. The van der Waals surface area contributed by atoms with Gasteiger partial charge in [-0.25, -0.2) is 9.78 Å². The van der Waals surface area contributed by atoms with Crippen molar-refractivity contribution in [2.24, 2.45) is 0 Å². The number of nitrogens with one attached hydrogen (secondary N) is 1. The van der Waals surface area contributed by atoms with Crippen LogP contribution in [0.25, 0.3) is 0 Å². The standard InChI is InChI=1S/C4H4O4.C3H6N6.H2O/c5-3(6)1-2-4(7)8;4-1-7-2(5)9-3(6)8-1;/h1-2H,(H,5,6)(H,7,8);(H6,4,5,6,7,8,9);1H2/b2-1-;;.